The molecule has 0 aliphatic carbocycles. The van der Waals surface area contributed by atoms with Crippen LogP contribution in [-0.2, 0) is 27.0 Å². The van der Waals surface area contributed by atoms with Gasteiger partial charge in [0.05, 0.1) is 11.9 Å². The average Bonchev–Trinajstić information content (AvgIpc) is 2.95. The van der Waals surface area contributed by atoms with E-state index in [1.54, 1.807) is 12.1 Å². The molecule has 42 heavy (non-hydrogen) atoms. The smallest absolute Gasteiger partial charge is 0.328 e. The van der Waals surface area contributed by atoms with Crippen molar-refractivity contribution in [3.8, 4) is 11.1 Å². The number of hydrogen-bond acceptors (Lipinski definition) is 5. The van der Waals surface area contributed by atoms with Crippen molar-refractivity contribution in [2.24, 2.45) is 0 Å². The highest BCUT2D eigenvalue weighted by Gasteiger charge is 2.24. The number of benzene rings is 4. The van der Waals surface area contributed by atoms with Crippen molar-refractivity contribution >= 4 is 32.8 Å². The van der Waals surface area contributed by atoms with E-state index in [1.165, 1.54) is 33.8 Å². The van der Waals surface area contributed by atoms with Crippen molar-refractivity contribution in [3.63, 3.8) is 0 Å². The van der Waals surface area contributed by atoms with Gasteiger partial charge in [0.2, 0.25) is 10.0 Å². The largest absolute Gasteiger partial charge is 0.478 e. The van der Waals surface area contributed by atoms with Crippen LogP contribution in [0.3, 0.4) is 0 Å². The predicted octanol–water partition coefficient (Wildman–Crippen LogP) is 5.34. The lowest BCUT2D eigenvalue weighted by Crippen LogP contribution is -2.47. The van der Waals surface area contributed by atoms with E-state index in [0.717, 1.165) is 29.2 Å². The molecule has 0 heterocycles. The van der Waals surface area contributed by atoms with Gasteiger partial charge < -0.3 is 15.5 Å². The highest BCUT2D eigenvalue weighted by atomic mass is 32.2. The first-order valence-electron chi connectivity index (χ1n) is 13.9. The maximum atomic E-state index is 13.0. The standard InChI is InChI=1S/C34H38N2O5S/c1-34(2,21-27-12-18-28-6-4-5-7-31(28)20-27)35-22-32(37)23-36(3)42(40,41)24-26-10-16-30(17-11-26)29-14-8-25(9-15-29)13-19-33(38)39/h4-20,32,35,37H,21-24H2,1-3H3,(H,38,39). The van der Waals surface area contributed by atoms with E-state index < -0.39 is 22.1 Å². The molecule has 0 aliphatic rings. The highest BCUT2D eigenvalue weighted by Crippen LogP contribution is 2.23. The molecular formula is C34H38N2O5S. The molecule has 0 bridgehead atoms. The summed E-state index contributed by atoms with van der Waals surface area (Å²) in [7, 11) is -2.14. The zero-order valence-corrected chi connectivity index (χ0v) is 25.0. The number of carboxylic acid groups (broad SMARTS) is 1. The Morgan fingerprint density at radius 2 is 1.50 bits per heavy atom. The summed E-state index contributed by atoms with van der Waals surface area (Å²) in [6.07, 6.45) is 2.51. The molecule has 0 spiro atoms. The van der Waals surface area contributed by atoms with E-state index in [9.17, 15) is 18.3 Å². The van der Waals surface area contributed by atoms with Crippen molar-refractivity contribution in [1.82, 2.24) is 9.62 Å². The number of sulfonamides is 1. The quantitative estimate of drug-likeness (QED) is 0.183. The Morgan fingerprint density at radius 3 is 2.14 bits per heavy atom. The Morgan fingerprint density at radius 1 is 0.905 bits per heavy atom. The number of aliphatic hydroxyl groups is 1. The number of aliphatic hydroxyl groups excluding tert-OH is 1. The first kappa shape index (κ1) is 31.1. The van der Waals surface area contributed by atoms with E-state index in [2.05, 4.69) is 49.5 Å². The topological polar surface area (TPSA) is 107 Å². The molecule has 8 heteroatoms. The Kier molecular flexibility index (Phi) is 9.96. The summed E-state index contributed by atoms with van der Waals surface area (Å²) in [6.45, 7) is 4.40. The number of aliphatic carboxylic acids is 1. The molecule has 0 fully saturated rings. The van der Waals surface area contributed by atoms with Crippen molar-refractivity contribution in [2.45, 2.75) is 37.7 Å². The number of likely N-dealkylation sites (N-methyl/N-ethyl adjacent to an activating group) is 1. The van der Waals surface area contributed by atoms with Crippen LogP contribution in [0.5, 0.6) is 0 Å². The highest BCUT2D eigenvalue weighted by molar-refractivity contribution is 7.88. The number of β-amino-alcohol motifs (C(OH)–C–C–N with tert-alkyl or cyclic N) is 1. The summed E-state index contributed by atoms with van der Waals surface area (Å²) >= 11 is 0. The molecule has 0 saturated heterocycles. The van der Waals surface area contributed by atoms with Gasteiger partial charge in [0.25, 0.3) is 0 Å². The fraction of sp³-hybridized carbons (Fsp3) is 0.265. The minimum Gasteiger partial charge on any atom is -0.478 e. The summed E-state index contributed by atoms with van der Waals surface area (Å²) < 4.78 is 27.3. The van der Waals surface area contributed by atoms with Crippen LogP contribution >= 0.6 is 0 Å². The summed E-state index contributed by atoms with van der Waals surface area (Å²) in [5.41, 5.74) is 4.18. The lowest BCUT2D eigenvalue weighted by molar-refractivity contribution is -0.131. The number of rotatable bonds is 13. The number of carboxylic acids is 1. The molecule has 0 saturated carbocycles. The van der Waals surface area contributed by atoms with Gasteiger partial charge in [-0.25, -0.2) is 17.5 Å². The van der Waals surface area contributed by atoms with Crippen LogP contribution in [0.2, 0.25) is 0 Å². The molecule has 0 aliphatic heterocycles. The van der Waals surface area contributed by atoms with Gasteiger partial charge in [0.15, 0.2) is 0 Å². The molecule has 0 amide bonds. The minimum absolute atomic E-state index is 0.0118. The third kappa shape index (κ3) is 8.84. The molecule has 4 aromatic rings. The van der Waals surface area contributed by atoms with Gasteiger partial charge in [-0.3, -0.25) is 0 Å². The number of nitrogens with one attached hydrogen (secondary N) is 1. The second kappa shape index (κ2) is 13.4. The Hall–Kier alpha value is -3.82. The van der Waals surface area contributed by atoms with Gasteiger partial charge in [-0.15, -0.1) is 0 Å². The number of carbonyl (C=O) groups is 1. The Labute approximate surface area is 248 Å². The third-order valence-electron chi connectivity index (χ3n) is 7.18. The van der Waals surface area contributed by atoms with Gasteiger partial charge in [-0.05, 0) is 64.9 Å². The molecule has 1 atom stereocenters. The molecule has 3 N–H and O–H groups in total. The SMILES string of the molecule is CN(CC(O)CNC(C)(C)Cc1ccc2ccccc2c1)S(=O)(=O)Cc1ccc(-c2ccc(C=CC(=O)O)cc2)cc1. The van der Waals surface area contributed by atoms with Gasteiger partial charge in [-0.1, -0.05) is 91.0 Å². The number of hydrogen-bond donors (Lipinski definition) is 3. The molecule has 1 unspecified atom stereocenters. The molecular weight excluding hydrogens is 548 g/mol. The zero-order valence-electron chi connectivity index (χ0n) is 24.2. The predicted molar refractivity (Wildman–Crippen MR) is 170 cm³/mol. The van der Waals surface area contributed by atoms with Crippen molar-refractivity contribution in [3.05, 3.63) is 114 Å². The van der Waals surface area contributed by atoms with Crippen LogP contribution in [0.25, 0.3) is 28.0 Å². The van der Waals surface area contributed by atoms with Crippen molar-refractivity contribution < 1.29 is 23.4 Å². The van der Waals surface area contributed by atoms with E-state index in [4.69, 9.17) is 5.11 Å². The maximum absolute atomic E-state index is 13.0. The normalized spacial score (nSPS) is 13.2. The summed E-state index contributed by atoms with van der Waals surface area (Å²) in [4.78, 5) is 10.7. The summed E-state index contributed by atoms with van der Waals surface area (Å²) in [5.74, 6) is -1.17. The second-order valence-corrected chi connectivity index (χ2v) is 13.4. The molecule has 0 aromatic heterocycles. The molecule has 4 rings (SSSR count). The number of fused-ring (bicyclic) bond motifs is 1. The van der Waals surface area contributed by atoms with E-state index in [0.29, 0.717) is 5.56 Å². The van der Waals surface area contributed by atoms with Crippen molar-refractivity contribution in [2.75, 3.05) is 20.1 Å². The number of nitrogens with zero attached hydrogens (tertiary/aromatic N) is 1. The van der Waals surface area contributed by atoms with Crippen LogP contribution in [0, 0.1) is 0 Å². The lowest BCUT2D eigenvalue weighted by Gasteiger charge is -2.29. The van der Waals surface area contributed by atoms with Crippen LogP contribution in [0.1, 0.15) is 30.5 Å². The van der Waals surface area contributed by atoms with E-state index >= 15 is 0 Å². The van der Waals surface area contributed by atoms with E-state index in [1.807, 2.05) is 48.5 Å². The van der Waals surface area contributed by atoms with Crippen LogP contribution < -0.4 is 5.32 Å². The first-order chi connectivity index (χ1) is 19.9. The lowest BCUT2D eigenvalue weighted by atomic mass is 9.93. The molecule has 4 aromatic carbocycles. The van der Waals surface area contributed by atoms with Crippen LogP contribution in [0.4, 0.5) is 0 Å². The van der Waals surface area contributed by atoms with E-state index in [-0.39, 0.29) is 24.4 Å². The zero-order chi connectivity index (χ0) is 30.3. The monoisotopic (exact) mass is 586 g/mol. The minimum atomic E-state index is -3.64. The Balaban J connectivity index is 1.28. The summed E-state index contributed by atoms with van der Waals surface area (Å²) in [5, 5.41) is 25.2. The third-order valence-corrected chi connectivity index (χ3v) is 8.98. The van der Waals surface area contributed by atoms with Gasteiger partial charge in [0.1, 0.15) is 0 Å². The summed E-state index contributed by atoms with van der Waals surface area (Å²) in [6, 6.07) is 29.4. The second-order valence-electron chi connectivity index (χ2n) is 11.3. The molecule has 220 valence electrons. The fourth-order valence-corrected chi connectivity index (χ4v) is 6.09. The van der Waals surface area contributed by atoms with Crippen LogP contribution in [-0.4, -0.2) is 60.7 Å². The fourth-order valence-electron chi connectivity index (χ4n) is 4.86. The first-order valence-corrected chi connectivity index (χ1v) is 15.5. The molecule has 7 nitrogen and oxygen atoms in total. The van der Waals surface area contributed by atoms with Gasteiger partial charge in [-0.2, -0.15) is 0 Å². The van der Waals surface area contributed by atoms with Gasteiger partial charge >= 0.3 is 5.97 Å². The van der Waals surface area contributed by atoms with Crippen LogP contribution in [0.15, 0.2) is 97.1 Å². The average molecular weight is 587 g/mol. The van der Waals surface area contributed by atoms with Gasteiger partial charge in [0, 0.05) is 31.8 Å². The maximum Gasteiger partial charge on any atom is 0.328 e. The molecule has 0 radical (unpaired) electrons. The Bertz CT molecular complexity index is 1650. The van der Waals surface area contributed by atoms with Crippen molar-refractivity contribution in [1.29, 1.82) is 0 Å².